The molecule has 0 atom stereocenters. The van der Waals surface area contributed by atoms with Gasteiger partial charge in [0.15, 0.2) is 0 Å². The Morgan fingerprint density at radius 1 is 1.29 bits per heavy atom. The van der Waals surface area contributed by atoms with Gasteiger partial charge in [0.1, 0.15) is 5.75 Å². The van der Waals surface area contributed by atoms with Crippen molar-refractivity contribution in [3.63, 3.8) is 0 Å². The highest BCUT2D eigenvalue weighted by atomic mass is 35.5. The van der Waals surface area contributed by atoms with Gasteiger partial charge in [0.05, 0.1) is 5.02 Å². The van der Waals surface area contributed by atoms with Gasteiger partial charge in [0.25, 0.3) is 0 Å². The van der Waals surface area contributed by atoms with Crippen molar-refractivity contribution < 1.29 is 4.74 Å². The molecule has 1 aromatic carbocycles. The van der Waals surface area contributed by atoms with E-state index in [1.165, 1.54) is 18.4 Å². The maximum Gasteiger partial charge on any atom is 0.219 e. The van der Waals surface area contributed by atoms with Gasteiger partial charge in [-0.05, 0) is 42.5 Å². The summed E-state index contributed by atoms with van der Waals surface area (Å²) in [6, 6.07) is 10.6. The predicted octanol–water partition coefficient (Wildman–Crippen LogP) is 4.34. The topological polar surface area (TPSA) is 34.1 Å². The average Bonchev–Trinajstić information content (AvgIpc) is 3.33. The summed E-state index contributed by atoms with van der Waals surface area (Å²) in [7, 11) is 0. The second-order valence-corrected chi connectivity index (χ2v) is 5.78. The van der Waals surface area contributed by atoms with E-state index in [4.69, 9.17) is 16.3 Å². The van der Waals surface area contributed by atoms with Crippen LogP contribution in [0.1, 0.15) is 30.9 Å². The lowest BCUT2D eigenvalue weighted by atomic mass is 10.2. The molecule has 0 amide bonds. The van der Waals surface area contributed by atoms with E-state index in [9.17, 15) is 0 Å². The van der Waals surface area contributed by atoms with E-state index >= 15 is 0 Å². The number of hydrogen-bond donors (Lipinski definition) is 1. The minimum atomic E-state index is 0.580. The predicted molar refractivity (Wildman–Crippen MR) is 85.0 cm³/mol. The maximum atomic E-state index is 6.18. The zero-order valence-electron chi connectivity index (χ0n) is 12.1. The minimum Gasteiger partial charge on any atom is -0.439 e. The van der Waals surface area contributed by atoms with Crippen LogP contribution in [-0.2, 0) is 13.0 Å². The van der Waals surface area contributed by atoms with Crippen molar-refractivity contribution >= 4 is 11.6 Å². The summed E-state index contributed by atoms with van der Waals surface area (Å²) in [4.78, 5) is 4.24. The molecule has 0 spiro atoms. The van der Waals surface area contributed by atoms with Crippen molar-refractivity contribution in [2.75, 3.05) is 0 Å². The first-order chi connectivity index (χ1) is 10.2. The summed E-state index contributed by atoms with van der Waals surface area (Å²) in [5.41, 5.74) is 2.32. The summed E-state index contributed by atoms with van der Waals surface area (Å²) in [6.07, 6.45) is 5.20. The fraction of sp³-hybridized carbons (Fsp3) is 0.353. The summed E-state index contributed by atoms with van der Waals surface area (Å²) < 4.78 is 5.80. The van der Waals surface area contributed by atoms with Crippen LogP contribution >= 0.6 is 11.6 Å². The number of ether oxygens (including phenoxy) is 1. The summed E-state index contributed by atoms with van der Waals surface area (Å²) in [5, 5.41) is 4.13. The van der Waals surface area contributed by atoms with Crippen LogP contribution in [0.25, 0.3) is 0 Å². The molecule has 1 heterocycles. The first kappa shape index (κ1) is 14.4. The van der Waals surface area contributed by atoms with Crippen LogP contribution in [-0.4, -0.2) is 11.0 Å². The Labute approximate surface area is 130 Å². The zero-order valence-corrected chi connectivity index (χ0v) is 12.9. The van der Waals surface area contributed by atoms with Gasteiger partial charge in [-0.25, -0.2) is 4.98 Å². The minimum absolute atomic E-state index is 0.580. The SMILES string of the molecule is CCc1ccc(Oc2cc(CNC3CC3)c(Cl)cn2)cc1. The monoisotopic (exact) mass is 302 g/mol. The van der Waals surface area contributed by atoms with Gasteiger partial charge in [0, 0.05) is 24.8 Å². The molecule has 1 aliphatic carbocycles. The third-order valence-electron chi connectivity index (χ3n) is 3.62. The highest BCUT2D eigenvalue weighted by Gasteiger charge is 2.20. The molecule has 1 N–H and O–H groups in total. The van der Waals surface area contributed by atoms with Crippen LogP contribution in [0.2, 0.25) is 5.02 Å². The Morgan fingerprint density at radius 2 is 2.05 bits per heavy atom. The number of pyridine rings is 1. The number of hydrogen-bond acceptors (Lipinski definition) is 3. The lowest BCUT2D eigenvalue weighted by molar-refractivity contribution is 0.461. The van der Waals surface area contributed by atoms with Crippen molar-refractivity contribution in [2.45, 2.75) is 38.8 Å². The largest absolute Gasteiger partial charge is 0.439 e. The highest BCUT2D eigenvalue weighted by Crippen LogP contribution is 2.25. The van der Waals surface area contributed by atoms with E-state index in [0.29, 0.717) is 16.9 Å². The second kappa shape index (κ2) is 6.46. The van der Waals surface area contributed by atoms with Crippen molar-refractivity contribution in [3.05, 3.63) is 52.7 Å². The van der Waals surface area contributed by atoms with Crippen LogP contribution in [0.15, 0.2) is 36.5 Å². The van der Waals surface area contributed by atoms with Gasteiger partial charge in [0.2, 0.25) is 5.88 Å². The fourth-order valence-corrected chi connectivity index (χ4v) is 2.28. The molecule has 3 nitrogen and oxygen atoms in total. The molecule has 0 unspecified atom stereocenters. The molecule has 0 radical (unpaired) electrons. The molecule has 1 saturated carbocycles. The number of nitrogens with one attached hydrogen (secondary N) is 1. The third-order valence-corrected chi connectivity index (χ3v) is 3.96. The number of halogens is 1. The summed E-state index contributed by atoms with van der Waals surface area (Å²) in [6.45, 7) is 2.90. The summed E-state index contributed by atoms with van der Waals surface area (Å²) >= 11 is 6.18. The van der Waals surface area contributed by atoms with Gasteiger partial charge in [-0.3, -0.25) is 0 Å². The zero-order chi connectivity index (χ0) is 14.7. The normalized spacial score (nSPS) is 14.2. The summed E-state index contributed by atoms with van der Waals surface area (Å²) in [5.74, 6) is 1.37. The van der Waals surface area contributed by atoms with E-state index in [0.717, 1.165) is 24.3 Å². The van der Waals surface area contributed by atoms with Crippen LogP contribution in [0.4, 0.5) is 0 Å². The van der Waals surface area contributed by atoms with Crippen LogP contribution in [0, 0.1) is 0 Å². The van der Waals surface area contributed by atoms with Crippen LogP contribution in [0.5, 0.6) is 11.6 Å². The fourth-order valence-electron chi connectivity index (χ4n) is 2.11. The number of aryl methyl sites for hydroxylation is 1. The molecule has 21 heavy (non-hydrogen) atoms. The number of aromatic nitrogens is 1. The molecular weight excluding hydrogens is 284 g/mol. The third kappa shape index (κ3) is 3.96. The highest BCUT2D eigenvalue weighted by molar-refractivity contribution is 6.31. The quantitative estimate of drug-likeness (QED) is 0.862. The second-order valence-electron chi connectivity index (χ2n) is 5.37. The number of rotatable bonds is 6. The lowest BCUT2D eigenvalue weighted by Gasteiger charge is -2.09. The van der Waals surface area contributed by atoms with E-state index < -0.39 is 0 Å². The average molecular weight is 303 g/mol. The van der Waals surface area contributed by atoms with Crippen molar-refractivity contribution in [1.29, 1.82) is 0 Å². The first-order valence-electron chi connectivity index (χ1n) is 7.39. The molecule has 1 aromatic heterocycles. The lowest BCUT2D eigenvalue weighted by Crippen LogP contribution is -2.15. The van der Waals surface area contributed by atoms with Gasteiger partial charge in [-0.2, -0.15) is 0 Å². The molecule has 2 aromatic rings. The molecule has 4 heteroatoms. The Hall–Kier alpha value is -1.58. The molecule has 1 aliphatic rings. The molecule has 3 rings (SSSR count). The van der Waals surface area contributed by atoms with Gasteiger partial charge in [-0.1, -0.05) is 30.7 Å². The Kier molecular flexibility index (Phi) is 4.42. The molecule has 110 valence electrons. The maximum absolute atomic E-state index is 6.18. The van der Waals surface area contributed by atoms with Crippen LogP contribution in [0.3, 0.4) is 0 Å². The van der Waals surface area contributed by atoms with E-state index in [1.54, 1.807) is 6.20 Å². The first-order valence-corrected chi connectivity index (χ1v) is 7.77. The smallest absolute Gasteiger partial charge is 0.219 e. The molecular formula is C17H19ClN2O. The van der Waals surface area contributed by atoms with Gasteiger partial charge in [-0.15, -0.1) is 0 Å². The Balaban J connectivity index is 1.69. The molecule has 1 fully saturated rings. The molecule has 0 bridgehead atoms. The van der Waals surface area contributed by atoms with Crippen molar-refractivity contribution in [1.82, 2.24) is 10.3 Å². The number of benzene rings is 1. The van der Waals surface area contributed by atoms with Crippen molar-refractivity contribution in [3.8, 4) is 11.6 Å². The Morgan fingerprint density at radius 3 is 2.71 bits per heavy atom. The van der Waals surface area contributed by atoms with Gasteiger partial charge >= 0.3 is 0 Å². The Bertz CT molecular complexity index is 609. The van der Waals surface area contributed by atoms with Gasteiger partial charge < -0.3 is 10.1 Å². The van der Waals surface area contributed by atoms with E-state index in [1.807, 2.05) is 18.2 Å². The van der Waals surface area contributed by atoms with Crippen LogP contribution < -0.4 is 10.1 Å². The molecule has 0 aliphatic heterocycles. The number of nitrogens with zero attached hydrogens (tertiary/aromatic N) is 1. The van der Waals surface area contributed by atoms with E-state index in [-0.39, 0.29) is 0 Å². The standard InChI is InChI=1S/C17H19ClN2O/c1-2-12-3-7-15(8-4-12)21-17-9-13(16(18)11-20-17)10-19-14-5-6-14/h3-4,7-9,11,14,19H,2,5-6,10H2,1H3. The van der Waals surface area contributed by atoms with Crippen molar-refractivity contribution in [2.24, 2.45) is 0 Å². The van der Waals surface area contributed by atoms with E-state index in [2.05, 4.69) is 29.4 Å². The molecule has 0 saturated heterocycles.